The zero-order valence-corrected chi connectivity index (χ0v) is 40.4. The Morgan fingerprint density at radius 3 is 2.56 bits per heavy atom. The number of carbonyl (C=O) groups excluding carboxylic acids is 5. The van der Waals surface area contributed by atoms with Gasteiger partial charge in [-0.25, -0.2) is 15.2 Å². The molecule has 1 aromatic carbocycles. The maximum atomic E-state index is 14.6. The summed E-state index contributed by atoms with van der Waals surface area (Å²) >= 11 is 1.46. The van der Waals surface area contributed by atoms with Gasteiger partial charge in [0.15, 0.2) is 0 Å². The molecule has 352 valence electrons. The van der Waals surface area contributed by atoms with Crippen molar-refractivity contribution in [3.05, 3.63) is 70.8 Å². The minimum Gasteiger partial charge on any atom is -0.464 e. The molecule has 7 rings (SSSR count). The van der Waals surface area contributed by atoms with Crippen LogP contribution in [0.25, 0.3) is 33.4 Å². The average molecular weight is 922 g/mol. The molecule has 0 spiro atoms. The standard InChI is InChI=1S/C48H64BN9O7S/c1-10-40(59)55-20-22-56(23-21-55)47(63)54(8)42(29(3)4)44(60)52-49-35-25-39-51-37(27-66-39)31-16-17-38-33(24-31)34(43(57(38)11-2)32-14-12-18-50-41(32)30(5)64-9)26-48(6,7)28-65-46(62)36-15-13-19-58(53-36)45(35)61/h10,12,14,16-18,24,27,29-30,35-36,42,49,53H,1,11,13,15,19-23,25-26,28H2,2-9H3,(H,52,60)/t30-,35-,36-,42-/m0/s1. The highest BCUT2D eigenvalue weighted by Crippen LogP contribution is 2.42. The molecule has 0 unspecified atom stereocenters. The number of hydrogen-bond donors (Lipinski definition) is 2. The predicted molar refractivity (Wildman–Crippen MR) is 257 cm³/mol. The number of nitrogens with one attached hydrogen (secondary N) is 2. The Balaban J connectivity index is 1.21. The van der Waals surface area contributed by atoms with Gasteiger partial charge in [0, 0.05) is 105 Å². The van der Waals surface area contributed by atoms with E-state index in [9.17, 15) is 24.0 Å². The van der Waals surface area contributed by atoms with E-state index in [1.807, 2.05) is 32.2 Å². The lowest BCUT2D eigenvalue weighted by Crippen LogP contribution is -2.59. The van der Waals surface area contributed by atoms with Crippen LogP contribution in [-0.2, 0) is 48.0 Å². The SMILES string of the molecule is C=CC(=O)N1CCN(C(=O)N(C)[C@H](C(=O)NB[C@H]2Cc3nc(cs3)-c3ccc4c(c3)c(c(-c3cccnc3[C@H](C)OC)n4CC)CC(C)(C)COC(=O)[C@@H]3CCCN(N3)C2=O)C(C)C)CC1. The van der Waals surface area contributed by atoms with Crippen LogP contribution in [0.1, 0.15) is 76.8 Å². The summed E-state index contributed by atoms with van der Waals surface area (Å²) in [6.07, 6.45) is 4.70. The van der Waals surface area contributed by atoms with E-state index < -0.39 is 29.3 Å². The van der Waals surface area contributed by atoms with Crippen molar-refractivity contribution < 1.29 is 33.4 Å². The highest BCUT2D eigenvalue weighted by molar-refractivity contribution is 7.10. The minimum absolute atomic E-state index is 0.0255. The second kappa shape index (κ2) is 20.5. The summed E-state index contributed by atoms with van der Waals surface area (Å²) in [5.74, 6) is -2.29. The van der Waals surface area contributed by atoms with Crippen LogP contribution in [0.3, 0.4) is 0 Å². The molecule has 18 heteroatoms. The lowest BCUT2D eigenvalue weighted by molar-refractivity contribution is -0.154. The lowest BCUT2D eigenvalue weighted by atomic mass is 9.72. The number of nitrogens with zero attached hydrogens (tertiary/aromatic N) is 7. The molecule has 0 aliphatic carbocycles. The normalized spacial score (nSPS) is 20.0. The van der Waals surface area contributed by atoms with Gasteiger partial charge in [-0.3, -0.25) is 29.2 Å². The monoisotopic (exact) mass is 921 g/mol. The number of likely N-dealkylation sites (N-methyl/N-ethyl adjacent to an activating group) is 1. The number of aromatic nitrogens is 3. The Hall–Kier alpha value is -5.59. The van der Waals surface area contributed by atoms with Gasteiger partial charge in [0.2, 0.25) is 25.1 Å². The molecule has 4 atom stereocenters. The first-order valence-corrected chi connectivity index (χ1v) is 24.0. The van der Waals surface area contributed by atoms with E-state index in [-0.39, 0.29) is 56.2 Å². The molecule has 16 nitrogen and oxygen atoms in total. The molecule has 3 aliphatic heterocycles. The van der Waals surface area contributed by atoms with Crippen LogP contribution in [0.15, 0.2) is 54.6 Å². The van der Waals surface area contributed by atoms with Gasteiger partial charge in [0.05, 0.1) is 34.8 Å². The number of urea groups is 1. The number of fused-ring (bicyclic) bond motifs is 6. The van der Waals surface area contributed by atoms with Crippen LogP contribution in [0, 0.1) is 11.3 Å². The smallest absolute Gasteiger partial charge is 0.324 e. The van der Waals surface area contributed by atoms with Gasteiger partial charge in [0.25, 0.3) is 0 Å². The summed E-state index contributed by atoms with van der Waals surface area (Å²) in [5, 5.41) is 8.31. The number of esters is 1. The average Bonchev–Trinajstić information content (AvgIpc) is 3.92. The second-order valence-corrected chi connectivity index (χ2v) is 19.7. The molecule has 66 heavy (non-hydrogen) atoms. The second-order valence-electron chi connectivity index (χ2n) is 18.8. The summed E-state index contributed by atoms with van der Waals surface area (Å²) in [6.45, 7) is 18.3. The highest BCUT2D eigenvalue weighted by Gasteiger charge is 2.38. The van der Waals surface area contributed by atoms with Gasteiger partial charge >= 0.3 is 12.0 Å². The van der Waals surface area contributed by atoms with Crippen LogP contribution >= 0.6 is 11.3 Å². The number of ether oxygens (including phenoxy) is 2. The van der Waals surface area contributed by atoms with Crippen molar-refractivity contribution in [1.29, 1.82) is 0 Å². The van der Waals surface area contributed by atoms with Gasteiger partial charge in [-0.1, -0.05) is 40.3 Å². The van der Waals surface area contributed by atoms with Gasteiger partial charge in [0.1, 0.15) is 12.1 Å². The number of amides is 5. The minimum atomic E-state index is -0.835. The van der Waals surface area contributed by atoms with Gasteiger partial charge in [-0.05, 0) is 74.9 Å². The quantitative estimate of drug-likeness (QED) is 0.120. The van der Waals surface area contributed by atoms with E-state index in [0.29, 0.717) is 58.5 Å². The summed E-state index contributed by atoms with van der Waals surface area (Å²) in [7, 11) is 3.27. The van der Waals surface area contributed by atoms with Crippen molar-refractivity contribution in [2.24, 2.45) is 11.3 Å². The van der Waals surface area contributed by atoms with Crippen LogP contribution in [0.2, 0.25) is 5.82 Å². The molecule has 6 bridgehead atoms. The molecule has 2 saturated heterocycles. The number of piperazine rings is 1. The molecular weight excluding hydrogens is 857 g/mol. The number of rotatable bonds is 10. The third-order valence-electron chi connectivity index (χ3n) is 13.1. The molecule has 2 fully saturated rings. The Morgan fingerprint density at radius 1 is 1.12 bits per heavy atom. The van der Waals surface area contributed by atoms with Crippen LogP contribution in [0.5, 0.6) is 0 Å². The molecule has 4 aromatic rings. The van der Waals surface area contributed by atoms with Crippen LogP contribution in [-0.4, -0.2) is 137 Å². The van der Waals surface area contributed by atoms with Crippen molar-refractivity contribution in [1.82, 2.24) is 44.9 Å². The van der Waals surface area contributed by atoms with Crippen molar-refractivity contribution in [2.45, 2.75) is 97.8 Å². The summed E-state index contributed by atoms with van der Waals surface area (Å²) in [6, 6.07) is 8.57. The van der Waals surface area contributed by atoms with Gasteiger partial charge < -0.3 is 34.0 Å². The van der Waals surface area contributed by atoms with E-state index in [1.165, 1.54) is 27.3 Å². The van der Waals surface area contributed by atoms with E-state index in [1.54, 1.807) is 30.2 Å². The number of aryl methyl sites for hydroxylation is 1. The van der Waals surface area contributed by atoms with Gasteiger partial charge in [-0.2, -0.15) is 0 Å². The fourth-order valence-electron chi connectivity index (χ4n) is 9.52. The Labute approximate surface area is 392 Å². The van der Waals surface area contributed by atoms with Crippen molar-refractivity contribution in [3.63, 3.8) is 0 Å². The molecule has 3 aliphatic rings. The zero-order chi connectivity index (χ0) is 47.4. The summed E-state index contributed by atoms with van der Waals surface area (Å²) in [4.78, 5) is 83.1. The molecule has 5 amide bonds. The van der Waals surface area contributed by atoms with E-state index >= 15 is 0 Å². The Kier molecular flexibility index (Phi) is 15.0. The fraction of sp³-hybridized carbons (Fsp3) is 0.521. The number of thiazole rings is 1. The fourth-order valence-corrected chi connectivity index (χ4v) is 10.4. The number of hydrogen-bond acceptors (Lipinski definition) is 11. The van der Waals surface area contributed by atoms with Crippen molar-refractivity contribution in [3.8, 4) is 22.5 Å². The Bertz CT molecular complexity index is 2460. The number of methoxy groups -OCH3 is 1. The first-order chi connectivity index (χ1) is 31.5. The largest absolute Gasteiger partial charge is 0.464 e. The summed E-state index contributed by atoms with van der Waals surface area (Å²) < 4.78 is 14.2. The van der Waals surface area contributed by atoms with Crippen LogP contribution < -0.4 is 10.7 Å². The number of pyridine rings is 1. The van der Waals surface area contributed by atoms with Gasteiger partial charge in [-0.15, -0.1) is 11.3 Å². The molecular formula is C48H64BN9O7S. The number of cyclic esters (lactones) is 1. The Morgan fingerprint density at radius 2 is 1.86 bits per heavy atom. The molecule has 0 radical (unpaired) electrons. The molecule has 2 N–H and O–H groups in total. The lowest BCUT2D eigenvalue weighted by Gasteiger charge is -2.39. The van der Waals surface area contributed by atoms with Crippen molar-refractivity contribution in [2.75, 3.05) is 53.5 Å². The molecule has 6 heterocycles. The van der Waals surface area contributed by atoms with Crippen LogP contribution in [0.4, 0.5) is 4.79 Å². The number of benzene rings is 1. The predicted octanol–water partition coefficient (Wildman–Crippen LogP) is 5.38. The van der Waals surface area contributed by atoms with Crippen molar-refractivity contribution >= 4 is 59.4 Å². The van der Waals surface area contributed by atoms with E-state index in [0.717, 1.165) is 49.7 Å². The van der Waals surface area contributed by atoms with E-state index in [4.69, 9.17) is 19.4 Å². The van der Waals surface area contributed by atoms with E-state index in [2.05, 4.69) is 66.8 Å². The molecule has 3 aromatic heterocycles. The number of hydrazine groups is 1. The third kappa shape index (κ3) is 10.2. The topological polar surface area (TPSA) is 172 Å². The highest BCUT2D eigenvalue weighted by atomic mass is 32.1. The maximum absolute atomic E-state index is 14.6. The third-order valence-corrected chi connectivity index (χ3v) is 14.0. The summed E-state index contributed by atoms with van der Waals surface area (Å²) in [5.41, 5.74) is 9.42. The first-order valence-electron chi connectivity index (χ1n) is 23.1. The number of carbonyl (C=O) groups is 5. The zero-order valence-electron chi connectivity index (χ0n) is 39.6. The maximum Gasteiger partial charge on any atom is 0.324 e. The molecule has 0 saturated carbocycles. The first kappa shape index (κ1) is 48.4.